The highest BCUT2D eigenvalue weighted by molar-refractivity contribution is 9.10. The Balaban J connectivity index is 0.000000109. The van der Waals surface area contributed by atoms with Crippen LogP contribution >= 0.6 is 15.9 Å². The zero-order valence-electron chi connectivity index (χ0n) is 58.6. The predicted molar refractivity (Wildman–Crippen MR) is 449 cm³/mol. The minimum Gasteiger partial charge on any atom is -0.399 e. The molecule has 8 nitrogen and oxygen atoms in total. The van der Waals surface area contributed by atoms with E-state index in [1.807, 2.05) is 6.07 Å². The molecule has 1 aliphatic heterocycles. The summed E-state index contributed by atoms with van der Waals surface area (Å²) in [6, 6.07) is 117. The first-order chi connectivity index (χ1) is 52.0. The van der Waals surface area contributed by atoms with Crippen LogP contribution in [-0.4, -0.2) is 46.2 Å². The van der Waals surface area contributed by atoms with Gasteiger partial charge in [-0.25, -0.2) is 9.97 Å². The molecule has 0 unspecified atom stereocenters. The maximum absolute atomic E-state index is 6.51. The highest BCUT2D eigenvalue weighted by Crippen LogP contribution is 2.45. The van der Waals surface area contributed by atoms with E-state index in [9.17, 15) is 0 Å². The lowest BCUT2D eigenvalue weighted by molar-refractivity contribution is 0.00578. The smallest absolute Gasteiger partial charge is 0.399 e. The van der Waals surface area contributed by atoms with E-state index in [1.54, 1.807) is 0 Å². The van der Waals surface area contributed by atoms with Crippen LogP contribution in [0.1, 0.15) is 27.7 Å². The Bertz CT molecular complexity index is 7420. The molecule has 23 rings (SSSR count). The molecule has 0 atom stereocenters. The van der Waals surface area contributed by atoms with Gasteiger partial charge in [0.1, 0.15) is 11.3 Å². The second kappa shape index (κ2) is 23.8. The van der Waals surface area contributed by atoms with Gasteiger partial charge in [0.15, 0.2) is 0 Å². The van der Waals surface area contributed by atoms with Crippen LogP contribution in [0.2, 0.25) is 0 Å². The van der Waals surface area contributed by atoms with Gasteiger partial charge in [-0.15, -0.1) is 0 Å². The minimum atomic E-state index is -0.437. The van der Waals surface area contributed by atoms with Crippen molar-refractivity contribution in [1.82, 2.24) is 27.9 Å². The molecule has 502 valence electrons. The molecule has 1 saturated heterocycles. The number of pyridine rings is 2. The first-order valence-electron chi connectivity index (χ1n) is 36.3. The molecule has 6 aromatic heterocycles. The number of hydrogen-bond acceptors (Lipinski definition) is 4. The van der Waals surface area contributed by atoms with Crippen LogP contribution in [0.5, 0.6) is 0 Å². The summed E-state index contributed by atoms with van der Waals surface area (Å²) in [5.41, 5.74) is 18.5. The van der Waals surface area contributed by atoms with Crippen molar-refractivity contribution in [3.8, 4) is 22.5 Å². The quantitative estimate of drug-likeness (QED) is 0.130. The van der Waals surface area contributed by atoms with Crippen molar-refractivity contribution < 1.29 is 9.31 Å². The van der Waals surface area contributed by atoms with E-state index < -0.39 is 18.3 Å². The van der Waals surface area contributed by atoms with Crippen LogP contribution in [0, 0.1) is 0 Å². The van der Waals surface area contributed by atoms with Gasteiger partial charge < -0.3 is 18.4 Å². The summed E-state index contributed by atoms with van der Waals surface area (Å²) in [5, 5.41) is 22.2. The summed E-state index contributed by atoms with van der Waals surface area (Å²) in [6.07, 6.45) is 0. The Kier molecular flexibility index (Phi) is 14.0. The molecule has 0 amide bonds. The van der Waals surface area contributed by atoms with Gasteiger partial charge in [-0.3, -0.25) is 8.80 Å². The number of benzene rings is 16. The summed E-state index contributed by atoms with van der Waals surface area (Å²) < 4.78 is 23.5. The van der Waals surface area contributed by atoms with Crippen LogP contribution in [0.3, 0.4) is 0 Å². The van der Waals surface area contributed by atoms with Gasteiger partial charge in [-0.2, -0.15) is 0 Å². The monoisotopic (exact) mass is 1420 g/mol. The first-order valence-corrected chi connectivity index (χ1v) is 37.1. The third-order valence-corrected chi connectivity index (χ3v) is 23.2. The van der Waals surface area contributed by atoms with Gasteiger partial charge >= 0.3 is 7.12 Å². The highest BCUT2D eigenvalue weighted by Gasteiger charge is 2.52. The van der Waals surface area contributed by atoms with Crippen molar-refractivity contribution in [2.75, 3.05) is 0 Å². The van der Waals surface area contributed by atoms with Crippen LogP contribution in [-0.2, 0) is 9.31 Å². The van der Waals surface area contributed by atoms with E-state index in [2.05, 4.69) is 383 Å². The molecule has 0 N–H and O–H groups in total. The number of para-hydroxylation sites is 8. The van der Waals surface area contributed by atoms with Crippen LogP contribution in [0.15, 0.2) is 332 Å². The van der Waals surface area contributed by atoms with Crippen LogP contribution < -0.4 is 5.46 Å². The summed E-state index contributed by atoms with van der Waals surface area (Å²) in [7, 11) is -0.437. The molecule has 16 aromatic carbocycles. The van der Waals surface area contributed by atoms with Crippen molar-refractivity contribution in [3.63, 3.8) is 0 Å². The Morgan fingerprint density at radius 1 is 0.292 bits per heavy atom. The topological polar surface area (TPSA) is 62.9 Å². The fraction of sp³-hybridized carbons (Fsp3) is 0.0625. The number of aromatic nitrogens is 6. The largest absolute Gasteiger partial charge is 0.495 e. The lowest BCUT2D eigenvalue weighted by atomic mass is 9.74. The average Bonchev–Trinajstić information content (AvgIpc) is 1.40. The Morgan fingerprint density at radius 3 is 1.15 bits per heavy atom. The van der Waals surface area contributed by atoms with Crippen LogP contribution in [0.25, 0.3) is 186 Å². The molecule has 10 heteroatoms. The summed E-state index contributed by atoms with van der Waals surface area (Å²) in [6.45, 7) is 8.41. The number of nitrogens with zero attached hydrogens (tertiary/aromatic N) is 6. The van der Waals surface area contributed by atoms with E-state index in [1.165, 1.54) is 125 Å². The molecule has 1 aliphatic rings. The van der Waals surface area contributed by atoms with E-state index >= 15 is 0 Å². The first kappa shape index (κ1) is 62.2. The number of fused-ring (bicyclic) bond motifs is 30. The Morgan fingerprint density at radius 2 is 0.660 bits per heavy atom. The normalized spacial score (nSPS) is 13.8. The highest BCUT2D eigenvalue weighted by atomic mass is 79.9. The fourth-order valence-electron chi connectivity index (χ4n) is 17.2. The lowest BCUT2D eigenvalue weighted by Gasteiger charge is -2.32. The fourth-order valence-corrected chi connectivity index (χ4v) is 17.4. The number of halogens is 1. The summed E-state index contributed by atoms with van der Waals surface area (Å²) in [5.74, 6) is 0. The van der Waals surface area contributed by atoms with E-state index in [4.69, 9.17) is 19.3 Å². The molecule has 106 heavy (non-hydrogen) atoms. The van der Waals surface area contributed by atoms with Crippen LogP contribution in [0.4, 0.5) is 0 Å². The van der Waals surface area contributed by atoms with Gasteiger partial charge in [0.25, 0.3) is 0 Å². The summed E-state index contributed by atoms with van der Waals surface area (Å²) >= 11 is 3.53. The van der Waals surface area contributed by atoms with Crippen molar-refractivity contribution in [2.45, 2.75) is 38.9 Å². The van der Waals surface area contributed by atoms with Gasteiger partial charge in [0.05, 0.1) is 66.4 Å². The second-order valence-electron chi connectivity index (χ2n) is 29.1. The van der Waals surface area contributed by atoms with Gasteiger partial charge in [0, 0.05) is 58.9 Å². The Labute approximate surface area is 618 Å². The molecule has 0 radical (unpaired) electrons. The van der Waals surface area contributed by atoms with Crippen molar-refractivity contribution >= 4 is 192 Å². The molecule has 0 spiro atoms. The number of rotatable bonds is 4. The van der Waals surface area contributed by atoms with Crippen molar-refractivity contribution in [1.29, 1.82) is 0 Å². The second-order valence-corrected chi connectivity index (χ2v) is 30.0. The third-order valence-electron chi connectivity index (χ3n) is 22.7. The zero-order chi connectivity index (χ0) is 70.7. The SMILES string of the molecule is Brc1ccc(-n2c3ccccc3c3c4ccccc4ccc32)cc1.CC1(C)OB(c2cc3c4ccccc4n4c5ccccc5nc4c3c3ccccc23)OC1(C)C.c1ccc2c(c1)ccc1c2c2ccccc2n1-c1ccc(-c2cc3c4ccccc4n4c5ccccc5nc4c3c3ccccc23)cc1. The van der Waals surface area contributed by atoms with Crippen molar-refractivity contribution in [3.05, 3.63) is 332 Å². The minimum absolute atomic E-state index is 0.402. The predicted octanol–water partition coefficient (Wildman–Crippen LogP) is 24.8. The zero-order valence-corrected chi connectivity index (χ0v) is 60.2. The molecule has 7 heterocycles. The molecule has 0 bridgehead atoms. The maximum Gasteiger partial charge on any atom is 0.495 e. The summed E-state index contributed by atoms with van der Waals surface area (Å²) in [4.78, 5) is 10.3. The van der Waals surface area contributed by atoms with E-state index in [-0.39, 0.29) is 0 Å². The molecular formula is C96H66BBrN6O2. The van der Waals surface area contributed by atoms with Crippen molar-refractivity contribution in [2.24, 2.45) is 0 Å². The van der Waals surface area contributed by atoms with Gasteiger partial charge in [-0.1, -0.05) is 240 Å². The Hall–Kier alpha value is -12.4. The average molecular weight is 1430 g/mol. The molecule has 1 fully saturated rings. The number of imidazole rings is 2. The van der Waals surface area contributed by atoms with Gasteiger partial charge in [0.2, 0.25) is 0 Å². The molecular weight excluding hydrogens is 1360 g/mol. The standard InChI is InChI=1S/C45H27N3.C29H25BN2O2.C22H14BrN/c1-2-12-31-28(11-1)23-26-42-43(31)35-16-6-9-19-40(35)47(42)30-24-21-29(22-25-30)36-27-37-33-14-5-8-18-39(33)48-41-20-10-7-17-38(41)46-45(48)44(37)34-15-4-3-13-32(34)36;1-28(2)29(3,4)34-30(33-28)22-17-21-19-12-7-9-15-24(19)32-25-16-10-8-14-23(25)31-27(32)26(21)20-13-6-5-11-18(20)22;23-16-10-12-17(13-11-16)24-20-8-4-3-7-19(20)22-18-6-2-1-5-15(18)9-14-21(22)24/h1-27H;5-17H,1-4H3;1-14H. The van der Waals surface area contributed by atoms with Gasteiger partial charge in [-0.05, 0) is 201 Å². The maximum atomic E-state index is 6.51. The molecule has 0 saturated carbocycles. The molecule has 0 aliphatic carbocycles. The number of hydrogen-bond donors (Lipinski definition) is 0. The van der Waals surface area contributed by atoms with E-state index in [0.717, 1.165) is 70.7 Å². The van der Waals surface area contributed by atoms with E-state index in [0.29, 0.717) is 0 Å². The molecule has 22 aromatic rings. The third kappa shape index (κ3) is 9.41. The lowest BCUT2D eigenvalue weighted by Crippen LogP contribution is -2.41.